The summed E-state index contributed by atoms with van der Waals surface area (Å²) in [6, 6.07) is 13.2. The Hall–Kier alpha value is -1.35. The van der Waals surface area contributed by atoms with Gasteiger partial charge in [0.25, 0.3) is 0 Å². The first-order chi connectivity index (χ1) is 9.11. The molecule has 2 aromatic carbocycles. The van der Waals surface area contributed by atoms with Gasteiger partial charge in [0.05, 0.1) is 0 Å². The molecule has 0 atom stereocenters. The van der Waals surface area contributed by atoms with Crippen LogP contribution in [-0.4, -0.2) is 6.54 Å². The summed E-state index contributed by atoms with van der Waals surface area (Å²) in [6.07, 6.45) is 0. The first-order valence-electron chi connectivity index (χ1n) is 6.36. The van der Waals surface area contributed by atoms with Crippen LogP contribution in [0.1, 0.15) is 18.1 Å². The lowest BCUT2D eigenvalue weighted by Gasteiger charge is -2.25. The highest BCUT2D eigenvalue weighted by Crippen LogP contribution is 2.25. The molecule has 0 fully saturated rings. The molecule has 2 aromatic rings. The largest absolute Gasteiger partial charge is 0.367 e. The molecular weight excluding hydrogens is 305 g/mol. The van der Waals surface area contributed by atoms with Crippen LogP contribution in [0.15, 0.2) is 46.9 Å². The zero-order valence-electron chi connectivity index (χ0n) is 11.2. The van der Waals surface area contributed by atoms with Crippen LogP contribution >= 0.6 is 15.9 Å². The molecule has 0 N–H and O–H groups in total. The third-order valence-electron chi connectivity index (χ3n) is 3.21. The number of hydrogen-bond acceptors (Lipinski definition) is 1. The van der Waals surface area contributed by atoms with Crippen LogP contribution in [0.2, 0.25) is 0 Å². The van der Waals surface area contributed by atoms with Crippen LogP contribution in [0.25, 0.3) is 0 Å². The lowest BCUT2D eigenvalue weighted by atomic mass is 10.1. The van der Waals surface area contributed by atoms with Gasteiger partial charge in [-0.05, 0) is 43.2 Å². The maximum Gasteiger partial charge on any atom is 0.124 e. The molecule has 100 valence electrons. The van der Waals surface area contributed by atoms with Crippen LogP contribution in [0, 0.1) is 12.7 Å². The highest BCUT2D eigenvalue weighted by Gasteiger charge is 2.10. The predicted molar refractivity (Wildman–Crippen MR) is 82.0 cm³/mol. The molecule has 0 aliphatic carbocycles. The van der Waals surface area contributed by atoms with Crippen molar-refractivity contribution in [1.82, 2.24) is 0 Å². The Morgan fingerprint density at radius 3 is 2.53 bits per heavy atom. The minimum Gasteiger partial charge on any atom is -0.367 e. The topological polar surface area (TPSA) is 3.24 Å². The average molecular weight is 322 g/mol. The second-order valence-electron chi connectivity index (χ2n) is 4.54. The van der Waals surface area contributed by atoms with Gasteiger partial charge in [-0.1, -0.05) is 40.2 Å². The molecule has 0 amide bonds. The third kappa shape index (κ3) is 3.35. The van der Waals surface area contributed by atoms with Crippen LogP contribution in [0.5, 0.6) is 0 Å². The molecule has 0 heterocycles. The Labute approximate surface area is 122 Å². The molecule has 0 saturated carbocycles. The molecule has 0 bridgehead atoms. The minimum atomic E-state index is -0.213. The SMILES string of the molecule is CCN(Cc1ccc(F)cc1Br)c1ccccc1C. The quantitative estimate of drug-likeness (QED) is 0.772. The summed E-state index contributed by atoms with van der Waals surface area (Å²) in [6.45, 7) is 5.92. The van der Waals surface area contributed by atoms with Gasteiger partial charge in [0.1, 0.15) is 5.82 Å². The number of benzene rings is 2. The van der Waals surface area contributed by atoms with Gasteiger partial charge in [-0.2, -0.15) is 0 Å². The molecule has 0 saturated heterocycles. The van der Waals surface area contributed by atoms with E-state index in [1.165, 1.54) is 23.4 Å². The minimum absolute atomic E-state index is 0.213. The highest BCUT2D eigenvalue weighted by atomic mass is 79.9. The molecule has 0 unspecified atom stereocenters. The van der Waals surface area contributed by atoms with E-state index in [0.717, 1.165) is 23.1 Å². The van der Waals surface area contributed by atoms with E-state index in [9.17, 15) is 4.39 Å². The number of nitrogens with zero attached hydrogens (tertiary/aromatic N) is 1. The maximum absolute atomic E-state index is 13.1. The van der Waals surface area contributed by atoms with Crippen molar-refractivity contribution in [3.05, 3.63) is 63.9 Å². The molecule has 1 nitrogen and oxygen atoms in total. The van der Waals surface area contributed by atoms with Gasteiger partial charge in [-0.15, -0.1) is 0 Å². The van der Waals surface area contributed by atoms with Crippen molar-refractivity contribution in [2.45, 2.75) is 20.4 Å². The molecule has 0 aliphatic rings. The lowest BCUT2D eigenvalue weighted by molar-refractivity contribution is 0.625. The van der Waals surface area contributed by atoms with E-state index < -0.39 is 0 Å². The van der Waals surface area contributed by atoms with Crippen molar-refractivity contribution in [2.75, 3.05) is 11.4 Å². The normalized spacial score (nSPS) is 10.5. The van der Waals surface area contributed by atoms with E-state index in [1.54, 1.807) is 0 Å². The Morgan fingerprint density at radius 1 is 1.16 bits per heavy atom. The number of aryl methyl sites for hydroxylation is 1. The van der Waals surface area contributed by atoms with E-state index in [0.29, 0.717) is 0 Å². The van der Waals surface area contributed by atoms with E-state index in [1.807, 2.05) is 18.2 Å². The third-order valence-corrected chi connectivity index (χ3v) is 3.95. The van der Waals surface area contributed by atoms with Crippen LogP contribution in [-0.2, 0) is 6.54 Å². The van der Waals surface area contributed by atoms with Gasteiger partial charge >= 0.3 is 0 Å². The van der Waals surface area contributed by atoms with Gasteiger partial charge in [-0.25, -0.2) is 4.39 Å². The molecule has 2 rings (SSSR count). The summed E-state index contributed by atoms with van der Waals surface area (Å²) in [5, 5.41) is 0. The molecule has 3 heteroatoms. The summed E-state index contributed by atoms with van der Waals surface area (Å²) >= 11 is 3.43. The molecular formula is C16H17BrFN. The number of halogens is 2. The second-order valence-corrected chi connectivity index (χ2v) is 5.39. The van der Waals surface area contributed by atoms with Crippen LogP contribution in [0.4, 0.5) is 10.1 Å². The Balaban J connectivity index is 2.27. The first kappa shape index (κ1) is 14.1. The van der Waals surface area contributed by atoms with Crippen molar-refractivity contribution in [1.29, 1.82) is 0 Å². The summed E-state index contributed by atoms with van der Waals surface area (Å²) < 4.78 is 13.9. The van der Waals surface area contributed by atoms with Crippen molar-refractivity contribution >= 4 is 21.6 Å². The Bertz CT molecular complexity index is 568. The number of para-hydroxylation sites is 1. The average Bonchev–Trinajstić information content (AvgIpc) is 2.39. The zero-order valence-corrected chi connectivity index (χ0v) is 12.7. The number of anilines is 1. The van der Waals surface area contributed by atoms with Crippen molar-refractivity contribution in [3.63, 3.8) is 0 Å². The lowest BCUT2D eigenvalue weighted by Crippen LogP contribution is -2.23. The fraction of sp³-hybridized carbons (Fsp3) is 0.250. The molecule has 0 radical (unpaired) electrons. The predicted octanol–water partition coefficient (Wildman–Crippen LogP) is 4.92. The van der Waals surface area contributed by atoms with Crippen LogP contribution < -0.4 is 4.90 Å². The fourth-order valence-corrected chi connectivity index (χ4v) is 2.62. The van der Waals surface area contributed by atoms with Gasteiger partial charge < -0.3 is 4.90 Å². The zero-order chi connectivity index (χ0) is 13.8. The fourth-order valence-electron chi connectivity index (χ4n) is 2.14. The van der Waals surface area contributed by atoms with Gasteiger partial charge in [0.15, 0.2) is 0 Å². The summed E-state index contributed by atoms with van der Waals surface area (Å²) in [5.74, 6) is -0.213. The second kappa shape index (κ2) is 6.20. The Morgan fingerprint density at radius 2 is 1.89 bits per heavy atom. The standard InChI is InChI=1S/C16H17BrFN/c1-3-19(16-7-5-4-6-12(16)2)11-13-8-9-14(18)10-15(13)17/h4-10H,3,11H2,1-2H3. The molecule has 19 heavy (non-hydrogen) atoms. The molecule has 0 aliphatic heterocycles. The van der Waals surface area contributed by atoms with E-state index in [-0.39, 0.29) is 5.82 Å². The van der Waals surface area contributed by atoms with Gasteiger partial charge in [0.2, 0.25) is 0 Å². The first-order valence-corrected chi connectivity index (χ1v) is 7.15. The monoisotopic (exact) mass is 321 g/mol. The van der Waals surface area contributed by atoms with Gasteiger partial charge in [0, 0.05) is 23.2 Å². The van der Waals surface area contributed by atoms with E-state index in [2.05, 4.69) is 46.8 Å². The highest BCUT2D eigenvalue weighted by molar-refractivity contribution is 9.10. The Kier molecular flexibility index (Phi) is 4.59. The smallest absolute Gasteiger partial charge is 0.124 e. The molecule has 0 spiro atoms. The number of hydrogen-bond donors (Lipinski definition) is 0. The molecule has 0 aromatic heterocycles. The number of rotatable bonds is 4. The summed E-state index contributed by atoms with van der Waals surface area (Å²) in [5.41, 5.74) is 3.57. The van der Waals surface area contributed by atoms with Crippen LogP contribution in [0.3, 0.4) is 0 Å². The van der Waals surface area contributed by atoms with Crippen molar-refractivity contribution in [3.8, 4) is 0 Å². The summed E-state index contributed by atoms with van der Waals surface area (Å²) in [4.78, 5) is 2.29. The van der Waals surface area contributed by atoms with E-state index in [4.69, 9.17) is 0 Å². The summed E-state index contributed by atoms with van der Waals surface area (Å²) in [7, 11) is 0. The van der Waals surface area contributed by atoms with Crippen molar-refractivity contribution < 1.29 is 4.39 Å². The van der Waals surface area contributed by atoms with E-state index >= 15 is 0 Å². The van der Waals surface area contributed by atoms with Gasteiger partial charge in [-0.3, -0.25) is 0 Å². The van der Waals surface area contributed by atoms with Crippen molar-refractivity contribution in [2.24, 2.45) is 0 Å². The maximum atomic E-state index is 13.1.